The summed E-state index contributed by atoms with van der Waals surface area (Å²) in [6, 6.07) is 0. The van der Waals surface area contributed by atoms with Crippen LogP contribution in [0.25, 0.3) is 5.32 Å². The van der Waals surface area contributed by atoms with E-state index in [4.69, 9.17) is 0 Å². The van der Waals surface area contributed by atoms with Crippen molar-refractivity contribution in [2.75, 3.05) is 13.1 Å². The van der Waals surface area contributed by atoms with E-state index in [9.17, 15) is 0 Å². The van der Waals surface area contributed by atoms with Crippen molar-refractivity contribution in [2.24, 2.45) is 0 Å². The second-order valence-corrected chi connectivity index (χ2v) is 0.856. The van der Waals surface area contributed by atoms with E-state index < -0.39 is 0 Å². The van der Waals surface area contributed by atoms with Crippen LogP contribution in [0.15, 0.2) is 0 Å². The zero-order valence-electron chi connectivity index (χ0n) is 4.86. The van der Waals surface area contributed by atoms with E-state index in [1.54, 1.807) is 0 Å². The molecule has 0 aromatic carbocycles. The molecule has 0 bridgehead atoms. The molecule has 0 radical (unpaired) electrons. The predicted octanol–water partition coefficient (Wildman–Crippen LogP) is -2.24. The second-order valence-electron chi connectivity index (χ2n) is 0.856. The van der Waals surface area contributed by atoms with Crippen LogP contribution in [0.3, 0.4) is 0 Å². The van der Waals surface area contributed by atoms with Gasteiger partial charge in [0.1, 0.15) is 0 Å². The number of rotatable bonds is 2. The SMILES string of the molecule is CC[N-]CC.[Li+].[LiH]. The van der Waals surface area contributed by atoms with Crippen LogP contribution in [-0.2, 0) is 0 Å². The summed E-state index contributed by atoms with van der Waals surface area (Å²) in [5.41, 5.74) is 0. The third-order valence-corrected chi connectivity index (χ3v) is 0.447. The van der Waals surface area contributed by atoms with Crippen molar-refractivity contribution in [3.05, 3.63) is 5.32 Å². The fraction of sp³-hybridized carbons (Fsp3) is 1.00. The maximum absolute atomic E-state index is 3.97. The van der Waals surface area contributed by atoms with Gasteiger partial charge in [0, 0.05) is 0 Å². The summed E-state index contributed by atoms with van der Waals surface area (Å²) in [6.45, 7) is 6.03. The van der Waals surface area contributed by atoms with Crippen LogP contribution < -0.4 is 18.9 Å². The standard InChI is InChI=1S/C4H10N.2Li.H/c1-3-5-4-2;;;/h3-4H2,1-2H3;;;/q-1;;+1;. The molecule has 3 heteroatoms. The Labute approximate surface area is 70.0 Å². The molecule has 0 N–H and O–H groups in total. The van der Waals surface area contributed by atoms with Crippen molar-refractivity contribution >= 4 is 18.9 Å². The summed E-state index contributed by atoms with van der Waals surface area (Å²) in [6.07, 6.45) is 0. The zero-order chi connectivity index (χ0) is 4.12. The van der Waals surface area contributed by atoms with Gasteiger partial charge >= 0.3 is 37.7 Å². The van der Waals surface area contributed by atoms with E-state index in [0.29, 0.717) is 0 Å². The topological polar surface area (TPSA) is 14.1 Å². The van der Waals surface area contributed by atoms with Crippen molar-refractivity contribution in [3.63, 3.8) is 0 Å². The van der Waals surface area contributed by atoms with E-state index in [2.05, 4.69) is 5.32 Å². The molecular weight excluding hydrogens is 75.9 g/mol. The average Bonchev–Trinajstić information content (AvgIpc) is 1.41. The number of hydrogen-bond donors (Lipinski definition) is 0. The molecule has 0 amide bonds. The molecule has 0 heterocycles. The average molecular weight is 87.0 g/mol. The molecule has 0 spiro atoms. The van der Waals surface area contributed by atoms with Crippen LogP contribution in [-0.4, -0.2) is 32.0 Å². The van der Waals surface area contributed by atoms with Gasteiger partial charge in [0.25, 0.3) is 0 Å². The second kappa shape index (κ2) is 15.7. The van der Waals surface area contributed by atoms with Gasteiger partial charge in [-0.2, -0.15) is 13.1 Å². The summed E-state index contributed by atoms with van der Waals surface area (Å²) in [5, 5.41) is 3.97. The first-order valence-electron chi connectivity index (χ1n) is 2.05. The number of nitrogens with zero attached hydrogens (tertiary/aromatic N) is 1. The summed E-state index contributed by atoms with van der Waals surface area (Å²) in [7, 11) is 0. The quantitative estimate of drug-likeness (QED) is 0.338. The van der Waals surface area contributed by atoms with E-state index in [1.165, 1.54) is 0 Å². The molecule has 0 aliphatic carbocycles. The monoisotopic (exact) mass is 87.1 g/mol. The number of hydrogen-bond acceptors (Lipinski definition) is 0. The third kappa shape index (κ3) is 19.1. The van der Waals surface area contributed by atoms with Crippen molar-refractivity contribution < 1.29 is 18.9 Å². The first-order valence-corrected chi connectivity index (χ1v) is 2.05. The van der Waals surface area contributed by atoms with Crippen molar-refractivity contribution in [1.29, 1.82) is 0 Å². The Bertz CT molecular complexity index is 17.2. The minimum absolute atomic E-state index is 0. The molecule has 0 aliphatic rings. The molecule has 0 unspecified atom stereocenters. The normalized spacial score (nSPS) is 6.00. The van der Waals surface area contributed by atoms with Gasteiger partial charge in [-0.1, -0.05) is 13.8 Å². The van der Waals surface area contributed by atoms with Crippen LogP contribution >= 0.6 is 0 Å². The summed E-state index contributed by atoms with van der Waals surface area (Å²) in [5.74, 6) is 0. The molecule has 7 heavy (non-hydrogen) atoms. The zero-order valence-corrected chi connectivity index (χ0v) is 4.86. The van der Waals surface area contributed by atoms with Crippen molar-refractivity contribution in [2.45, 2.75) is 13.8 Å². The molecule has 0 rings (SSSR count). The van der Waals surface area contributed by atoms with Crippen molar-refractivity contribution in [1.82, 2.24) is 0 Å². The van der Waals surface area contributed by atoms with Crippen LogP contribution in [0, 0.1) is 0 Å². The first-order chi connectivity index (χ1) is 2.41. The Balaban J connectivity index is -0.0000000800. The van der Waals surface area contributed by atoms with Gasteiger partial charge in [0.15, 0.2) is 0 Å². The molecule has 0 aliphatic heterocycles. The Morgan fingerprint density at radius 2 is 1.43 bits per heavy atom. The van der Waals surface area contributed by atoms with E-state index in [1.807, 2.05) is 13.8 Å². The van der Waals surface area contributed by atoms with Gasteiger partial charge in [-0.05, 0) is 0 Å². The molecular formula is C4H11Li2N. The van der Waals surface area contributed by atoms with Crippen LogP contribution in [0.1, 0.15) is 13.8 Å². The fourth-order valence-corrected chi connectivity index (χ4v) is 0.224. The molecule has 34 valence electrons. The van der Waals surface area contributed by atoms with Crippen LogP contribution in [0.5, 0.6) is 0 Å². The molecule has 1 nitrogen and oxygen atoms in total. The molecule has 0 saturated carbocycles. The fourth-order valence-electron chi connectivity index (χ4n) is 0.224. The van der Waals surface area contributed by atoms with Crippen LogP contribution in [0.2, 0.25) is 0 Å². The maximum atomic E-state index is 3.97. The first kappa shape index (κ1) is 15.7. The molecule has 0 saturated heterocycles. The van der Waals surface area contributed by atoms with Crippen molar-refractivity contribution in [3.8, 4) is 0 Å². The Hall–Kier alpha value is 1.15. The predicted molar refractivity (Wildman–Crippen MR) is 31.6 cm³/mol. The van der Waals surface area contributed by atoms with E-state index in [-0.39, 0.29) is 37.7 Å². The third-order valence-electron chi connectivity index (χ3n) is 0.447. The summed E-state index contributed by atoms with van der Waals surface area (Å²) >= 11 is 0. The molecule has 0 aromatic rings. The molecule has 0 aromatic heterocycles. The summed E-state index contributed by atoms with van der Waals surface area (Å²) in [4.78, 5) is 0. The van der Waals surface area contributed by atoms with Gasteiger partial charge in [-0.25, -0.2) is 0 Å². The Morgan fingerprint density at radius 3 is 1.43 bits per heavy atom. The van der Waals surface area contributed by atoms with Crippen LogP contribution in [0.4, 0.5) is 0 Å². The molecule has 0 fully saturated rings. The Kier molecular flexibility index (Phi) is 35.2. The van der Waals surface area contributed by atoms with E-state index in [0.717, 1.165) is 13.1 Å². The van der Waals surface area contributed by atoms with Gasteiger partial charge in [0.05, 0.1) is 0 Å². The Morgan fingerprint density at radius 1 is 1.14 bits per heavy atom. The minimum atomic E-state index is 0. The molecule has 0 atom stereocenters. The van der Waals surface area contributed by atoms with E-state index >= 15 is 0 Å². The van der Waals surface area contributed by atoms with Gasteiger partial charge in [0.2, 0.25) is 0 Å². The van der Waals surface area contributed by atoms with Gasteiger partial charge in [-0.3, -0.25) is 0 Å². The summed E-state index contributed by atoms with van der Waals surface area (Å²) < 4.78 is 0. The van der Waals surface area contributed by atoms with Gasteiger partial charge < -0.3 is 5.32 Å². The van der Waals surface area contributed by atoms with Gasteiger partial charge in [-0.15, -0.1) is 0 Å².